The van der Waals surface area contributed by atoms with Crippen LogP contribution in [0.25, 0.3) is 5.65 Å². The fourth-order valence-corrected chi connectivity index (χ4v) is 3.63. The summed E-state index contributed by atoms with van der Waals surface area (Å²) in [5, 5.41) is 6.84. The van der Waals surface area contributed by atoms with Crippen LogP contribution in [0.5, 0.6) is 0 Å². The molecule has 27 heavy (non-hydrogen) atoms. The molecular formula is C17H13ClF3N3O2S. The number of hydrogen-bond donors (Lipinski definition) is 0. The molecule has 1 aromatic carbocycles. The van der Waals surface area contributed by atoms with Crippen molar-refractivity contribution < 1.29 is 22.7 Å². The van der Waals surface area contributed by atoms with Crippen molar-refractivity contribution in [2.45, 2.75) is 23.5 Å². The van der Waals surface area contributed by atoms with E-state index in [-0.39, 0.29) is 22.4 Å². The molecule has 5 nitrogen and oxygen atoms in total. The number of carbonyl (C=O) groups excluding carboxylic acids is 1. The summed E-state index contributed by atoms with van der Waals surface area (Å²) in [7, 11) is 0. The Balaban J connectivity index is 2.05. The summed E-state index contributed by atoms with van der Waals surface area (Å²) in [5.74, 6) is -0.525. The summed E-state index contributed by atoms with van der Waals surface area (Å²) < 4.78 is 45.5. The number of alkyl halides is 3. The average molecular weight is 416 g/mol. The monoisotopic (exact) mass is 415 g/mol. The van der Waals surface area contributed by atoms with Crippen molar-refractivity contribution in [1.29, 1.82) is 0 Å². The molecule has 1 atom stereocenters. The third-order valence-electron chi connectivity index (χ3n) is 3.58. The zero-order chi connectivity index (χ0) is 19.6. The van der Waals surface area contributed by atoms with Crippen molar-refractivity contribution in [3.63, 3.8) is 0 Å². The van der Waals surface area contributed by atoms with Gasteiger partial charge in [-0.05, 0) is 18.6 Å². The van der Waals surface area contributed by atoms with Crippen molar-refractivity contribution in [1.82, 2.24) is 14.6 Å². The maximum Gasteiger partial charge on any atom is 0.417 e. The first-order valence-electron chi connectivity index (χ1n) is 7.81. The van der Waals surface area contributed by atoms with Crippen LogP contribution in [0.1, 0.15) is 23.3 Å². The van der Waals surface area contributed by atoms with E-state index in [0.717, 1.165) is 28.4 Å². The zero-order valence-corrected chi connectivity index (χ0v) is 15.5. The Hall–Kier alpha value is -2.26. The molecule has 0 N–H and O–H groups in total. The molecule has 0 aliphatic heterocycles. The van der Waals surface area contributed by atoms with Crippen molar-refractivity contribution >= 4 is 35.0 Å². The Bertz CT molecular complexity index is 963. The topological polar surface area (TPSA) is 56.5 Å². The molecule has 0 fully saturated rings. The van der Waals surface area contributed by atoms with Gasteiger partial charge in [-0.15, -0.1) is 10.2 Å². The molecule has 0 radical (unpaired) electrons. The van der Waals surface area contributed by atoms with E-state index in [9.17, 15) is 18.0 Å². The smallest absolute Gasteiger partial charge is 0.417 e. The van der Waals surface area contributed by atoms with Crippen LogP contribution >= 0.6 is 23.4 Å². The van der Waals surface area contributed by atoms with Crippen molar-refractivity contribution in [2.24, 2.45) is 0 Å². The lowest BCUT2D eigenvalue weighted by Gasteiger charge is -2.15. The molecule has 0 aliphatic carbocycles. The Kier molecular flexibility index (Phi) is 5.61. The van der Waals surface area contributed by atoms with Gasteiger partial charge in [0.25, 0.3) is 0 Å². The lowest BCUT2D eigenvalue weighted by atomic mass is 10.1. The molecule has 0 aliphatic rings. The Labute approximate surface area is 161 Å². The molecule has 142 valence electrons. The zero-order valence-electron chi connectivity index (χ0n) is 13.9. The SMILES string of the molecule is CCOC(=O)C(Sc1nnc2c(Cl)cc(C(F)(F)F)cn12)c1ccccc1. The number of rotatable bonds is 5. The number of hydrogen-bond acceptors (Lipinski definition) is 5. The maximum atomic E-state index is 13.1. The summed E-state index contributed by atoms with van der Waals surface area (Å²) in [6, 6.07) is 9.54. The number of fused-ring (bicyclic) bond motifs is 1. The largest absolute Gasteiger partial charge is 0.465 e. The van der Waals surface area contributed by atoms with Gasteiger partial charge in [0.05, 0.1) is 17.2 Å². The Morgan fingerprint density at radius 2 is 2.00 bits per heavy atom. The Morgan fingerprint density at radius 1 is 1.30 bits per heavy atom. The second-order valence-corrected chi connectivity index (χ2v) is 6.89. The van der Waals surface area contributed by atoms with Gasteiger partial charge < -0.3 is 4.74 Å². The molecule has 0 amide bonds. The van der Waals surface area contributed by atoms with Crippen LogP contribution in [0.2, 0.25) is 5.02 Å². The quantitative estimate of drug-likeness (QED) is 0.442. The van der Waals surface area contributed by atoms with Gasteiger partial charge in [-0.2, -0.15) is 13.2 Å². The predicted octanol–water partition coefficient (Wildman–Crippen LogP) is 4.80. The highest BCUT2D eigenvalue weighted by Gasteiger charge is 2.33. The first-order chi connectivity index (χ1) is 12.8. The predicted molar refractivity (Wildman–Crippen MR) is 94.7 cm³/mol. The molecule has 1 unspecified atom stereocenters. The third kappa shape index (κ3) is 4.19. The summed E-state index contributed by atoms with van der Waals surface area (Å²) in [4.78, 5) is 12.4. The number of ether oxygens (including phenoxy) is 1. The van der Waals surface area contributed by atoms with Crippen LogP contribution in [0.15, 0.2) is 47.8 Å². The number of benzene rings is 1. The number of esters is 1. The van der Waals surface area contributed by atoms with Gasteiger partial charge in [-0.25, -0.2) is 0 Å². The van der Waals surface area contributed by atoms with Crippen LogP contribution < -0.4 is 0 Å². The Morgan fingerprint density at radius 3 is 2.63 bits per heavy atom. The van der Waals surface area contributed by atoms with Gasteiger partial charge in [-0.1, -0.05) is 53.7 Å². The highest BCUT2D eigenvalue weighted by atomic mass is 35.5. The van der Waals surface area contributed by atoms with Crippen molar-refractivity contribution in [3.05, 3.63) is 58.7 Å². The fourth-order valence-electron chi connectivity index (χ4n) is 2.37. The van der Waals surface area contributed by atoms with Gasteiger partial charge in [0.15, 0.2) is 10.8 Å². The second kappa shape index (κ2) is 7.77. The van der Waals surface area contributed by atoms with Crippen LogP contribution in [-0.4, -0.2) is 27.2 Å². The minimum absolute atomic E-state index is 0.0721. The van der Waals surface area contributed by atoms with E-state index in [4.69, 9.17) is 16.3 Å². The summed E-state index contributed by atoms with van der Waals surface area (Å²) in [6.07, 6.45) is -3.72. The van der Waals surface area contributed by atoms with E-state index in [1.807, 2.05) is 0 Å². The highest BCUT2D eigenvalue weighted by molar-refractivity contribution is 8.00. The minimum atomic E-state index is -4.58. The molecule has 3 rings (SSSR count). The number of nitrogens with zero attached hydrogens (tertiary/aromatic N) is 3. The van der Waals surface area contributed by atoms with Crippen LogP contribution in [0, 0.1) is 0 Å². The van der Waals surface area contributed by atoms with E-state index in [1.165, 1.54) is 0 Å². The maximum absolute atomic E-state index is 13.1. The first-order valence-corrected chi connectivity index (χ1v) is 9.06. The molecule has 2 aromatic heterocycles. The third-order valence-corrected chi connectivity index (χ3v) is 5.05. The molecule has 3 aromatic rings. The second-order valence-electron chi connectivity index (χ2n) is 5.41. The van der Waals surface area contributed by atoms with E-state index in [2.05, 4.69) is 10.2 Å². The molecule has 0 saturated heterocycles. The average Bonchev–Trinajstić information content (AvgIpc) is 3.03. The fraction of sp³-hybridized carbons (Fsp3) is 0.235. The van der Waals surface area contributed by atoms with E-state index in [1.54, 1.807) is 37.3 Å². The molecule has 0 bridgehead atoms. The standard InChI is InChI=1S/C17H13ClF3N3O2S/c1-2-26-15(25)13(10-6-4-3-5-7-10)27-16-23-22-14-12(18)8-11(9-24(14)16)17(19,20)21/h3-9,13H,2H2,1H3. The van der Waals surface area contributed by atoms with Gasteiger partial charge >= 0.3 is 12.1 Å². The first kappa shape index (κ1) is 19.5. The van der Waals surface area contributed by atoms with Gasteiger partial charge in [0, 0.05) is 6.20 Å². The molecule has 0 saturated carbocycles. The molecule has 10 heteroatoms. The lowest BCUT2D eigenvalue weighted by molar-refractivity contribution is -0.142. The van der Waals surface area contributed by atoms with E-state index < -0.39 is 23.0 Å². The number of halogens is 4. The molecular weight excluding hydrogens is 403 g/mol. The normalized spacial score (nSPS) is 12.9. The van der Waals surface area contributed by atoms with Gasteiger partial charge in [-0.3, -0.25) is 9.20 Å². The minimum Gasteiger partial charge on any atom is -0.465 e. The molecule has 2 heterocycles. The van der Waals surface area contributed by atoms with Crippen LogP contribution in [0.3, 0.4) is 0 Å². The van der Waals surface area contributed by atoms with Gasteiger partial charge in [0.2, 0.25) is 0 Å². The summed E-state index contributed by atoms with van der Waals surface area (Å²) in [5.41, 5.74) is -0.229. The summed E-state index contributed by atoms with van der Waals surface area (Å²) in [6.45, 7) is 1.85. The number of thioether (sulfide) groups is 1. The molecule has 0 spiro atoms. The van der Waals surface area contributed by atoms with Gasteiger partial charge in [0.1, 0.15) is 5.25 Å². The summed E-state index contributed by atoms with van der Waals surface area (Å²) >= 11 is 6.87. The highest BCUT2D eigenvalue weighted by Crippen LogP contribution is 2.38. The number of aromatic nitrogens is 3. The van der Waals surface area contributed by atoms with Crippen molar-refractivity contribution in [3.8, 4) is 0 Å². The number of pyridine rings is 1. The van der Waals surface area contributed by atoms with Crippen LogP contribution in [-0.2, 0) is 15.7 Å². The van der Waals surface area contributed by atoms with E-state index in [0.29, 0.717) is 5.56 Å². The van der Waals surface area contributed by atoms with E-state index >= 15 is 0 Å². The lowest BCUT2D eigenvalue weighted by Crippen LogP contribution is -2.14. The van der Waals surface area contributed by atoms with Crippen molar-refractivity contribution in [2.75, 3.05) is 6.61 Å². The number of carbonyl (C=O) groups is 1. The van der Waals surface area contributed by atoms with Crippen LogP contribution in [0.4, 0.5) is 13.2 Å².